The van der Waals surface area contributed by atoms with Gasteiger partial charge in [-0.1, -0.05) is 12.6 Å². The number of hydrogen-bond acceptors (Lipinski definition) is 6. The van der Waals surface area contributed by atoms with Crippen molar-refractivity contribution in [3.05, 3.63) is 65.7 Å². The van der Waals surface area contributed by atoms with Gasteiger partial charge in [0.05, 0.1) is 18.2 Å². The van der Waals surface area contributed by atoms with Gasteiger partial charge in [0, 0.05) is 10.5 Å². The molecular weight excluding hydrogens is 583 g/mol. The highest BCUT2D eigenvalue weighted by Crippen LogP contribution is 2.63. The zero-order valence-corrected chi connectivity index (χ0v) is 20.6. The molecule has 40 heavy (non-hydrogen) atoms. The average Bonchev–Trinajstić information content (AvgIpc) is 3.25. The number of amidine groups is 1. The number of nitriles is 1. The highest BCUT2D eigenvalue weighted by atomic mass is 32.3. The van der Waals surface area contributed by atoms with Gasteiger partial charge in [-0.2, -0.15) is 44.8 Å². The highest BCUT2D eigenvalue weighted by molar-refractivity contribution is 8.59. The van der Waals surface area contributed by atoms with Crippen molar-refractivity contribution in [1.29, 1.82) is 5.26 Å². The first-order chi connectivity index (χ1) is 18.5. The van der Waals surface area contributed by atoms with Crippen molar-refractivity contribution >= 4 is 26.1 Å². The van der Waals surface area contributed by atoms with Crippen molar-refractivity contribution in [3.8, 4) is 16.9 Å². The summed E-state index contributed by atoms with van der Waals surface area (Å²) in [7, 11) is -2.93. The fraction of sp³-hybridized carbons (Fsp3) is 0.217. The number of thiocyanates is 1. The molecule has 0 saturated heterocycles. The summed E-state index contributed by atoms with van der Waals surface area (Å²) < 4.78 is 131. The smallest absolute Gasteiger partial charge is 0.441 e. The Bertz CT molecular complexity index is 1440. The van der Waals surface area contributed by atoms with Crippen LogP contribution in [0.1, 0.15) is 16.7 Å². The Morgan fingerprint density at radius 1 is 1.00 bits per heavy atom. The SMILES string of the molecule is C=CC(=O)NC1=NN=C(C(F)(F)F)S1(C#N)c1ccc(OCc2ccc(C(F)(F)F)cc2C(F)(F)F)c(OC)c1. The van der Waals surface area contributed by atoms with Crippen LogP contribution in [0.2, 0.25) is 0 Å². The van der Waals surface area contributed by atoms with Gasteiger partial charge in [0.15, 0.2) is 16.7 Å². The van der Waals surface area contributed by atoms with Gasteiger partial charge in [-0.3, -0.25) is 4.79 Å². The van der Waals surface area contributed by atoms with Crippen LogP contribution in [0.25, 0.3) is 0 Å². The summed E-state index contributed by atoms with van der Waals surface area (Å²) in [6.45, 7) is 2.27. The average molecular weight is 598 g/mol. The first-order valence-electron chi connectivity index (χ1n) is 10.5. The van der Waals surface area contributed by atoms with Crippen molar-refractivity contribution in [2.24, 2.45) is 10.2 Å². The number of benzene rings is 2. The van der Waals surface area contributed by atoms with Gasteiger partial charge in [-0.15, -0.1) is 10.2 Å². The lowest BCUT2D eigenvalue weighted by molar-refractivity contribution is -0.143. The zero-order chi connectivity index (χ0) is 30.1. The number of nitrogens with one attached hydrogen (secondary N) is 1. The minimum Gasteiger partial charge on any atom is -0.493 e. The molecule has 1 N–H and O–H groups in total. The lowest BCUT2D eigenvalue weighted by atomic mass is 10.0. The topological polar surface area (TPSA) is 96.1 Å². The minimum absolute atomic E-state index is 0.0739. The molecule has 0 aromatic heterocycles. The second kappa shape index (κ2) is 10.8. The molecule has 1 atom stereocenters. The quantitative estimate of drug-likeness (QED) is 0.233. The molecule has 2 aromatic carbocycles. The molecule has 0 aliphatic carbocycles. The predicted molar refractivity (Wildman–Crippen MR) is 125 cm³/mol. The Morgan fingerprint density at radius 3 is 2.20 bits per heavy atom. The molecule has 214 valence electrons. The molecule has 1 heterocycles. The predicted octanol–water partition coefficient (Wildman–Crippen LogP) is 6.50. The number of rotatable bonds is 6. The number of alkyl halides is 9. The molecule has 17 heteroatoms. The lowest BCUT2D eigenvalue weighted by Gasteiger charge is -2.31. The zero-order valence-electron chi connectivity index (χ0n) is 19.8. The summed E-state index contributed by atoms with van der Waals surface area (Å²) in [5, 5.41) is 17.6. The number of carbonyl (C=O) groups excluding carboxylic acids is 1. The number of carbonyl (C=O) groups is 1. The highest BCUT2D eigenvalue weighted by Gasteiger charge is 2.55. The number of hydrogen-bond donors (Lipinski definition) is 1. The molecule has 0 spiro atoms. The first kappa shape index (κ1) is 30.3. The van der Waals surface area contributed by atoms with Gasteiger partial charge in [-0.05, 0) is 46.4 Å². The van der Waals surface area contributed by atoms with E-state index in [2.05, 4.69) is 16.8 Å². The summed E-state index contributed by atoms with van der Waals surface area (Å²) >= 11 is 0. The van der Waals surface area contributed by atoms with E-state index in [-0.39, 0.29) is 22.5 Å². The fourth-order valence-electron chi connectivity index (χ4n) is 3.41. The van der Waals surface area contributed by atoms with E-state index in [1.165, 1.54) is 5.40 Å². The van der Waals surface area contributed by atoms with Gasteiger partial charge >= 0.3 is 18.5 Å². The van der Waals surface area contributed by atoms with E-state index in [0.717, 1.165) is 31.4 Å². The van der Waals surface area contributed by atoms with E-state index < -0.39 is 68.0 Å². The number of nitrogens with zero attached hydrogens (tertiary/aromatic N) is 3. The number of halogens is 9. The van der Waals surface area contributed by atoms with Gasteiger partial charge in [0.2, 0.25) is 11.0 Å². The Balaban J connectivity index is 2.03. The van der Waals surface area contributed by atoms with E-state index in [4.69, 9.17) is 9.47 Å². The van der Waals surface area contributed by atoms with Gasteiger partial charge in [-0.25, -0.2) is 0 Å². The maximum atomic E-state index is 13.8. The maximum absolute atomic E-state index is 13.8. The van der Waals surface area contributed by atoms with Crippen LogP contribution in [0.15, 0.2) is 64.2 Å². The third-order valence-corrected chi connectivity index (χ3v) is 8.11. The van der Waals surface area contributed by atoms with E-state index in [0.29, 0.717) is 12.1 Å². The molecule has 0 radical (unpaired) electrons. The normalized spacial score (nSPS) is 19.0. The number of methoxy groups -OCH3 is 1. The molecule has 1 unspecified atom stereocenters. The van der Waals surface area contributed by atoms with Crippen LogP contribution in [0.3, 0.4) is 0 Å². The Labute approximate surface area is 220 Å². The third kappa shape index (κ3) is 5.86. The third-order valence-electron chi connectivity index (χ3n) is 5.22. The van der Waals surface area contributed by atoms with Crippen LogP contribution >= 0.6 is 10.0 Å². The molecule has 2 aromatic rings. The second-order valence-corrected chi connectivity index (χ2v) is 10.3. The Morgan fingerprint density at radius 2 is 1.68 bits per heavy atom. The summed E-state index contributed by atoms with van der Waals surface area (Å²) in [5.41, 5.74) is -3.81. The molecule has 7 nitrogen and oxygen atoms in total. The minimum atomic E-state index is -5.17. The van der Waals surface area contributed by atoms with E-state index in [1.54, 1.807) is 0 Å². The Kier molecular flexibility index (Phi) is 8.16. The molecule has 0 saturated carbocycles. The summed E-state index contributed by atoms with van der Waals surface area (Å²) in [6.07, 6.45) is -14.6. The van der Waals surface area contributed by atoms with Crippen LogP contribution in [-0.2, 0) is 23.8 Å². The molecule has 0 fully saturated rings. The molecule has 0 bridgehead atoms. The first-order valence-corrected chi connectivity index (χ1v) is 12.1. The second-order valence-electron chi connectivity index (χ2n) is 7.67. The van der Waals surface area contributed by atoms with Crippen LogP contribution in [0.4, 0.5) is 39.5 Å². The van der Waals surface area contributed by atoms with E-state index >= 15 is 0 Å². The van der Waals surface area contributed by atoms with Crippen molar-refractivity contribution < 1.29 is 53.8 Å². The van der Waals surface area contributed by atoms with Crippen LogP contribution in [0.5, 0.6) is 11.5 Å². The van der Waals surface area contributed by atoms with Gasteiger partial charge < -0.3 is 14.8 Å². The summed E-state index contributed by atoms with van der Waals surface area (Å²) in [6, 6.07) is 3.82. The number of ether oxygens (including phenoxy) is 2. The molecule has 1 amide bonds. The van der Waals surface area contributed by atoms with Crippen LogP contribution < -0.4 is 14.8 Å². The summed E-state index contributed by atoms with van der Waals surface area (Å²) in [4.78, 5) is 11.4. The van der Waals surface area contributed by atoms with Gasteiger partial charge in [0.25, 0.3) is 0 Å². The molecule has 1 aliphatic heterocycles. The van der Waals surface area contributed by atoms with Crippen molar-refractivity contribution in [2.45, 2.75) is 30.0 Å². The molecule has 3 rings (SSSR count). The van der Waals surface area contributed by atoms with Crippen LogP contribution in [0, 0.1) is 10.7 Å². The largest absolute Gasteiger partial charge is 0.493 e. The van der Waals surface area contributed by atoms with E-state index in [9.17, 15) is 49.6 Å². The molecule has 1 aliphatic rings. The summed E-state index contributed by atoms with van der Waals surface area (Å²) in [5.74, 6) is -1.64. The van der Waals surface area contributed by atoms with Crippen molar-refractivity contribution in [2.75, 3.05) is 7.11 Å². The monoisotopic (exact) mass is 598 g/mol. The van der Waals surface area contributed by atoms with Crippen molar-refractivity contribution in [1.82, 2.24) is 5.32 Å². The standard InChI is InChI=1S/C23H15F9N4O3S/c1-3-18(37)34-20-36-35-19(23(30,31)32)40(20,11-33)14-6-7-16(17(9-14)38-2)39-10-12-4-5-13(21(24,25)26)8-15(12)22(27,28)29/h3-9H,1,10H2,2H3,(H,34,36,37). The number of amides is 1. The Hall–Kier alpha value is -4.20. The maximum Gasteiger partial charge on any atom is 0.441 e. The van der Waals surface area contributed by atoms with Crippen molar-refractivity contribution in [3.63, 3.8) is 0 Å². The lowest BCUT2D eigenvalue weighted by Crippen LogP contribution is -2.37. The van der Waals surface area contributed by atoms with Gasteiger partial charge in [0.1, 0.15) is 12.0 Å². The van der Waals surface area contributed by atoms with E-state index in [1.807, 2.05) is 5.32 Å². The van der Waals surface area contributed by atoms with Crippen LogP contribution in [-0.4, -0.2) is 29.4 Å². The molecular formula is C23H15F9N4O3S. The fourth-order valence-corrected chi connectivity index (χ4v) is 5.80.